The van der Waals surface area contributed by atoms with Crippen LogP contribution in [0.25, 0.3) is 0 Å². The summed E-state index contributed by atoms with van der Waals surface area (Å²) in [6, 6.07) is 3.85. The van der Waals surface area contributed by atoms with Gasteiger partial charge in [0.15, 0.2) is 0 Å². The highest BCUT2D eigenvalue weighted by molar-refractivity contribution is 6.02. The molecule has 0 aliphatic carbocycles. The van der Waals surface area contributed by atoms with E-state index < -0.39 is 17.9 Å². The van der Waals surface area contributed by atoms with Crippen LogP contribution in [-0.4, -0.2) is 28.9 Å². The summed E-state index contributed by atoms with van der Waals surface area (Å²) in [5, 5.41) is 13.7. The van der Waals surface area contributed by atoms with E-state index in [4.69, 9.17) is 5.11 Å². The first kappa shape index (κ1) is 12.1. The van der Waals surface area contributed by atoms with Crippen LogP contribution in [0.3, 0.4) is 0 Å². The minimum Gasteiger partial charge on any atom is -0.480 e. The molecular formula is C12H12N2O4. The second kappa shape index (κ2) is 4.48. The van der Waals surface area contributed by atoms with Crippen molar-refractivity contribution in [1.82, 2.24) is 5.32 Å². The van der Waals surface area contributed by atoms with Gasteiger partial charge < -0.3 is 15.7 Å². The van der Waals surface area contributed by atoms with Gasteiger partial charge >= 0.3 is 5.97 Å². The molecule has 6 nitrogen and oxygen atoms in total. The van der Waals surface area contributed by atoms with Gasteiger partial charge in [0, 0.05) is 11.3 Å². The number of carbonyl (C=O) groups is 3. The third-order valence-electron chi connectivity index (χ3n) is 2.72. The van der Waals surface area contributed by atoms with Crippen LogP contribution in [0.2, 0.25) is 0 Å². The van der Waals surface area contributed by atoms with Crippen molar-refractivity contribution in [3.05, 3.63) is 29.3 Å². The molecule has 94 valence electrons. The SMILES string of the molecule is C[C@@H](NC(=O)c1ccc2c(c1)NC(=O)C2)C(=O)O. The molecule has 0 saturated heterocycles. The molecule has 1 aromatic rings. The highest BCUT2D eigenvalue weighted by atomic mass is 16.4. The van der Waals surface area contributed by atoms with Crippen LogP contribution in [0.15, 0.2) is 18.2 Å². The Labute approximate surface area is 103 Å². The summed E-state index contributed by atoms with van der Waals surface area (Å²) < 4.78 is 0. The second-order valence-corrected chi connectivity index (χ2v) is 4.13. The van der Waals surface area contributed by atoms with E-state index in [-0.39, 0.29) is 5.91 Å². The average Bonchev–Trinajstić information content (AvgIpc) is 2.67. The maximum atomic E-state index is 11.8. The lowest BCUT2D eigenvalue weighted by molar-refractivity contribution is -0.138. The van der Waals surface area contributed by atoms with Crippen molar-refractivity contribution < 1.29 is 19.5 Å². The first-order valence-corrected chi connectivity index (χ1v) is 5.44. The van der Waals surface area contributed by atoms with E-state index in [9.17, 15) is 14.4 Å². The van der Waals surface area contributed by atoms with E-state index in [1.165, 1.54) is 6.92 Å². The first-order chi connectivity index (χ1) is 8.47. The fraction of sp³-hybridized carbons (Fsp3) is 0.250. The van der Waals surface area contributed by atoms with Gasteiger partial charge in [-0.3, -0.25) is 14.4 Å². The van der Waals surface area contributed by atoms with Gasteiger partial charge in [0.1, 0.15) is 6.04 Å². The summed E-state index contributed by atoms with van der Waals surface area (Å²) in [7, 11) is 0. The van der Waals surface area contributed by atoms with Crippen LogP contribution in [0.4, 0.5) is 5.69 Å². The Kier molecular flexibility index (Phi) is 3.01. The quantitative estimate of drug-likeness (QED) is 0.720. The molecular weight excluding hydrogens is 236 g/mol. The number of nitrogens with one attached hydrogen (secondary N) is 2. The number of amides is 2. The zero-order valence-corrected chi connectivity index (χ0v) is 9.69. The summed E-state index contributed by atoms with van der Waals surface area (Å²) in [5.41, 5.74) is 1.77. The second-order valence-electron chi connectivity index (χ2n) is 4.13. The number of benzene rings is 1. The molecule has 0 fully saturated rings. The van der Waals surface area contributed by atoms with Crippen molar-refractivity contribution in [2.45, 2.75) is 19.4 Å². The minimum absolute atomic E-state index is 0.110. The Morgan fingerprint density at radius 2 is 2.17 bits per heavy atom. The summed E-state index contributed by atoms with van der Waals surface area (Å²) >= 11 is 0. The number of hydrogen-bond acceptors (Lipinski definition) is 3. The highest BCUT2D eigenvalue weighted by Crippen LogP contribution is 2.23. The first-order valence-electron chi connectivity index (χ1n) is 5.44. The maximum Gasteiger partial charge on any atom is 0.325 e. The fourth-order valence-electron chi connectivity index (χ4n) is 1.70. The number of rotatable bonds is 3. The van der Waals surface area contributed by atoms with Crippen LogP contribution >= 0.6 is 0 Å². The fourth-order valence-corrected chi connectivity index (χ4v) is 1.70. The number of anilines is 1. The Hall–Kier alpha value is -2.37. The molecule has 1 aromatic carbocycles. The topological polar surface area (TPSA) is 95.5 Å². The summed E-state index contributed by atoms with van der Waals surface area (Å²) in [6.07, 6.45) is 0.308. The third-order valence-corrected chi connectivity index (χ3v) is 2.72. The molecule has 0 unspecified atom stereocenters. The molecule has 0 bridgehead atoms. The van der Waals surface area contributed by atoms with Crippen molar-refractivity contribution in [2.75, 3.05) is 5.32 Å². The largest absolute Gasteiger partial charge is 0.480 e. The molecule has 0 spiro atoms. The zero-order chi connectivity index (χ0) is 13.3. The van der Waals surface area contributed by atoms with Crippen molar-refractivity contribution in [3.8, 4) is 0 Å². The van der Waals surface area contributed by atoms with Crippen LogP contribution in [0.5, 0.6) is 0 Å². The van der Waals surface area contributed by atoms with E-state index in [0.29, 0.717) is 17.7 Å². The Morgan fingerprint density at radius 1 is 1.44 bits per heavy atom. The van der Waals surface area contributed by atoms with E-state index in [1.807, 2.05) is 0 Å². The van der Waals surface area contributed by atoms with E-state index >= 15 is 0 Å². The van der Waals surface area contributed by atoms with Crippen LogP contribution < -0.4 is 10.6 Å². The molecule has 2 rings (SSSR count). The predicted octanol–water partition coefficient (Wildman–Crippen LogP) is 0.384. The lowest BCUT2D eigenvalue weighted by Gasteiger charge is -2.10. The van der Waals surface area contributed by atoms with Crippen LogP contribution in [-0.2, 0) is 16.0 Å². The Balaban J connectivity index is 2.15. The van der Waals surface area contributed by atoms with Gasteiger partial charge in [-0.05, 0) is 24.6 Å². The monoisotopic (exact) mass is 248 g/mol. The Morgan fingerprint density at radius 3 is 2.83 bits per heavy atom. The highest BCUT2D eigenvalue weighted by Gasteiger charge is 2.20. The van der Waals surface area contributed by atoms with Gasteiger partial charge in [-0.2, -0.15) is 0 Å². The number of carbonyl (C=O) groups excluding carboxylic acids is 2. The van der Waals surface area contributed by atoms with Crippen molar-refractivity contribution in [2.24, 2.45) is 0 Å². The number of fused-ring (bicyclic) bond motifs is 1. The molecule has 6 heteroatoms. The molecule has 0 radical (unpaired) electrons. The lowest BCUT2D eigenvalue weighted by Crippen LogP contribution is -2.38. The summed E-state index contributed by atoms with van der Waals surface area (Å²) in [5.74, 6) is -1.69. The van der Waals surface area contributed by atoms with E-state index in [1.54, 1.807) is 18.2 Å². The van der Waals surface area contributed by atoms with Crippen molar-refractivity contribution in [3.63, 3.8) is 0 Å². The molecule has 18 heavy (non-hydrogen) atoms. The number of aliphatic carboxylic acids is 1. The number of carboxylic acids is 1. The minimum atomic E-state index is -1.10. The lowest BCUT2D eigenvalue weighted by atomic mass is 10.1. The van der Waals surface area contributed by atoms with Crippen molar-refractivity contribution >= 4 is 23.5 Å². The molecule has 1 heterocycles. The molecule has 2 amide bonds. The van der Waals surface area contributed by atoms with E-state index in [0.717, 1.165) is 5.56 Å². The molecule has 1 aliphatic heterocycles. The predicted molar refractivity (Wildman–Crippen MR) is 63.3 cm³/mol. The zero-order valence-electron chi connectivity index (χ0n) is 9.69. The summed E-state index contributed by atoms with van der Waals surface area (Å²) in [6.45, 7) is 1.38. The van der Waals surface area contributed by atoms with Gasteiger partial charge in [-0.1, -0.05) is 6.07 Å². The van der Waals surface area contributed by atoms with Crippen LogP contribution in [0, 0.1) is 0 Å². The number of hydrogen-bond donors (Lipinski definition) is 3. The maximum absolute atomic E-state index is 11.8. The molecule has 3 N–H and O–H groups in total. The third kappa shape index (κ3) is 2.32. The van der Waals surface area contributed by atoms with E-state index in [2.05, 4.69) is 10.6 Å². The average molecular weight is 248 g/mol. The molecule has 0 aromatic heterocycles. The molecule has 1 atom stereocenters. The van der Waals surface area contributed by atoms with Gasteiger partial charge in [0.2, 0.25) is 5.91 Å². The van der Waals surface area contributed by atoms with Gasteiger partial charge in [-0.25, -0.2) is 0 Å². The molecule has 0 saturated carbocycles. The van der Waals surface area contributed by atoms with Gasteiger partial charge in [-0.15, -0.1) is 0 Å². The standard InChI is InChI=1S/C12H12N2O4/c1-6(12(17)18)13-11(16)8-3-2-7-5-10(15)14-9(7)4-8/h2-4,6H,5H2,1H3,(H,13,16)(H,14,15)(H,17,18)/t6-/m1/s1. The number of carboxylic acid groups (broad SMARTS) is 1. The van der Waals surface area contributed by atoms with Crippen molar-refractivity contribution in [1.29, 1.82) is 0 Å². The smallest absolute Gasteiger partial charge is 0.325 e. The van der Waals surface area contributed by atoms with Gasteiger partial charge in [0.05, 0.1) is 6.42 Å². The summed E-state index contributed by atoms with van der Waals surface area (Å²) in [4.78, 5) is 33.5. The molecule has 1 aliphatic rings. The van der Waals surface area contributed by atoms with Gasteiger partial charge in [0.25, 0.3) is 5.91 Å². The Bertz CT molecular complexity index is 539. The van der Waals surface area contributed by atoms with Crippen LogP contribution in [0.1, 0.15) is 22.8 Å². The normalized spacial score (nSPS) is 14.6.